The lowest BCUT2D eigenvalue weighted by molar-refractivity contribution is -0.219. The van der Waals surface area contributed by atoms with Gasteiger partial charge < -0.3 is 14.2 Å². The van der Waals surface area contributed by atoms with Crippen LogP contribution in [0.25, 0.3) is 0 Å². The number of ether oxygens (including phenoxy) is 3. The zero-order valence-electron chi connectivity index (χ0n) is 9.95. The summed E-state index contributed by atoms with van der Waals surface area (Å²) in [6, 6.07) is 0. The van der Waals surface area contributed by atoms with Crippen molar-refractivity contribution in [2.45, 2.75) is 39.4 Å². The molecule has 0 aromatic carbocycles. The molecule has 0 amide bonds. The highest BCUT2D eigenvalue weighted by molar-refractivity contribution is 5.73. The molecule has 92 valence electrons. The number of hydrogen-bond donors (Lipinski definition) is 0. The highest BCUT2D eigenvalue weighted by atomic mass is 16.7. The summed E-state index contributed by atoms with van der Waals surface area (Å²) in [5, 5.41) is 0. The smallest absolute Gasteiger partial charge is 0.312 e. The van der Waals surface area contributed by atoms with E-state index in [4.69, 9.17) is 14.2 Å². The molecule has 16 heavy (non-hydrogen) atoms. The van der Waals surface area contributed by atoms with Crippen molar-refractivity contribution in [2.75, 3.05) is 13.2 Å². The van der Waals surface area contributed by atoms with E-state index in [1.165, 1.54) is 6.92 Å². The third-order valence-electron chi connectivity index (χ3n) is 2.29. The van der Waals surface area contributed by atoms with E-state index in [2.05, 4.69) is 0 Å². The molecule has 0 saturated carbocycles. The van der Waals surface area contributed by atoms with Gasteiger partial charge in [-0.2, -0.15) is 0 Å². The summed E-state index contributed by atoms with van der Waals surface area (Å²) in [6.45, 7) is 5.53. The molecule has 1 fully saturated rings. The molecule has 0 radical (unpaired) electrons. The van der Waals surface area contributed by atoms with E-state index >= 15 is 0 Å². The standard InChI is InChI=1S/C11H18O5/c1-8(12)15-11(2,3)16-10(13)9-4-6-14-7-5-9/h9H,4-7H2,1-3H3. The second-order valence-electron chi connectivity index (χ2n) is 4.30. The molecule has 1 saturated heterocycles. The first-order chi connectivity index (χ1) is 7.41. The molecular weight excluding hydrogens is 212 g/mol. The van der Waals surface area contributed by atoms with E-state index in [0.717, 1.165) is 0 Å². The predicted octanol–water partition coefficient (Wildman–Crippen LogP) is 1.26. The van der Waals surface area contributed by atoms with Crippen molar-refractivity contribution >= 4 is 11.9 Å². The molecule has 0 unspecified atom stereocenters. The molecule has 1 rings (SSSR count). The van der Waals surface area contributed by atoms with Gasteiger partial charge in [-0.3, -0.25) is 9.59 Å². The molecule has 0 atom stereocenters. The Kier molecular flexibility index (Phi) is 4.29. The third-order valence-corrected chi connectivity index (χ3v) is 2.29. The van der Waals surface area contributed by atoms with Crippen molar-refractivity contribution in [3.63, 3.8) is 0 Å². The van der Waals surface area contributed by atoms with E-state index in [0.29, 0.717) is 26.1 Å². The number of esters is 2. The minimum atomic E-state index is -1.19. The van der Waals surface area contributed by atoms with Gasteiger partial charge in [0.05, 0.1) is 5.92 Å². The van der Waals surface area contributed by atoms with Crippen LogP contribution in [0, 0.1) is 5.92 Å². The quantitative estimate of drug-likeness (QED) is 0.539. The Bertz CT molecular complexity index is 266. The van der Waals surface area contributed by atoms with Crippen molar-refractivity contribution in [1.29, 1.82) is 0 Å². The molecule has 1 heterocycles. The summed E-state index contributed by atoms with van der Waals surface area (Å²) in [5.41, 5.74) is 0. The Balaban J connectivity index is 2.45. The molecule has 0 aromatic heterocycles. The molecular formula is C11H18O5. The van der Waals surface area contributed by atoms with Crippen LogP contribution in [0.2, 0.25) is 0 Å². The summed E-state index contributed by atoms with van der Waals surface area (Å²) in [4.78, 5) is 22.5. The molecule has 0 bridgehead atoms. The summed E-state index contributed by atoms with van der Waals surface area (Å²) in [7, 11) is 0. The summed E-state index contributed by atoms with van der Waals surface area (Å²) >= 11 is 0. The Morgan fingerprint density at radius 1 is 1.19 bits per heavy atom. The molecule has 0 N–H and O–H groups in total. The SMILES string of the molecule is CC(=O)OC(C)(C)OC(=O)C1CCOCC1. The molecule has 0 aliphatic carbocycles. The van der Waals surface area contributed by atoms with E-state index in [9.17, 15) is 9.59 Å². The van der Waals surface area contributed by atoms with Crippen LogP contribution >= 0.6 is 0 Å². The fraction of sp³-hybridized carbons (Fsp3) is 0.818. The lowest BCUT2D eigenvalue weighted by Gasteiger charge is -2.28. The van der Waals surface area contributed by atoms with Gasteiger partial charge in [-0.15, -0.1) is 0 Å². The fourth-order valence-electron chi connectivity index (χ4n) is 1.63. The van der Waals surface area contributed by atoms with Crippen LogP contribution in [-0.2, 0) is 23.8 Å². The van der Waals surface area contributed by atoms with Gasteiger partial charge in [-0.25, -0.2) is 0 Å². The third kappa shape index (κ3) is 4.18. The Labute approximate surface area is 95.0 Å². The maximum atomic E-state index is 11.7. The van der Waals surface area contributed by atoms with E-state index < -0.39 is 11.8 Å². The monoisotopic (exact) mass is 230 g/mol. The second-order valence-corrected chi connectivity index (χ2v) is 4.30. The van der Waals surface area contributed by atoms with Crippen molar-refractivity contribution in [3.05, 3.63) is 0 Å². The predicted molar refractivity (Wildman–Crippen MR) is 55.5 cm³/mol. The maximum Gasteiger partial charge on any atom is 0.312 e. The normalized spacial score (nSPS) is 17.9. The van der Waals surface area contributed by atoms with Crippen molar-refractivity contribution in [2.24, 2.45) is 5.92 Å². The van der Waals surface area contributed by atoms with Crippen molar-refractivity contribution < 1.29 is 23.8 Å². The van der Waals surface area contributed by atoms with Crippen LogP contribution in [-0.4, -0.2) is 30.9 Å². The lowest BCUT2D eigenvalue weighted by Crippen LogP contribution is -2.37. The van der Waals surface area contributed by atoms with Crippen LogP contribution in [0.15, 0.2) is 0 Å². The molecule has 5 nitrogen and oxygen atoms in total. The minimum Gasteiger partial charge on any atom is -0.423 e. The van der Waals surface area contributed by atoms with Gasteiger partial charge in [0.2, 0.25) is 0 Å². The van der Waals surface area contributed by atoms with Gasteiger partial charge in [-0.1, -0.05) is 0 Å². The number of carbonyl (C=O) groups is 2. The minimum absolute atomic E-state index is 0.149. The first-order valence-corrected chi connectivity index (χ1v) is 5.41. The van der Waals surface area contributed by atoms with E-state index in [1.807, 2.05) is 0 Å². The average Bonchev–Trinajstić information content (AvgIpc) is 2.16. The van der Waals surface area contributed by atoms with E-state index in [1.54, 1.807) is 13.8 Å². The van der Waals surface area contributed by atoms with Gasteiger partial charge >= 0.3 is 11.9 Å². The van der Waals surface area contributed by atoms with Crippen LogP contribution in [0.5, 0.6) is 0 Å². The first-order valence-electron chi connectivity index (χ1n) is 5.41. The molecule has 5 heteroatoms. The van der Waals surface area contributed by atoms with Crippen LogP contribution < -0.4 is 0 Å². The highest BCUT2D eigenvalue weighted by Crippen LogP contribution is 2.20. The maximum absolute atomic E-state index is 11.7. The summed E-state index contributed by atoms with van der Waals surface area (Å²) < 4.78 is 15.2. The zero-order valence-corrected chi connectivity index (χ0v) is 9.95. The van der Waals surface area contributed by atoms with Crippen LogP contribution in [0.1, 0.15) is 33.6 Å². The largest absolute Gasteiger partial charge is 0.423 e. The van der Waals surface area contributed by atoms with Crippen LogP contribution in [0.4, 0.5) is 0 Å². The number of hydrogen-bond acceptors (Lipinski definition) is 5. The molecule has 0 spiro atoms. The Morgan fingerprint density at radius 3 is 2.25 bits per heavy atom. The summed E-state index contributed by atoms with van der Waals surface area (Å²) in [6.07, 6.45) is 1.32. The fourth-order valence-corrected chi connectivity index (χ4v) is 1.63. The lowest BCUT2D eigenvalue weighted by atomic mass is 10.0. The van der Waals surface area contributed by atoms with Gasteiger partial charge in [0.15, 0.2) is 0 Å². The van der Waals surface area contributed by atoms with Gasteiger partial charge in [-0.05, 0) is 12.8 Å². The Hall–Kier alpha value is -1.10. The first kappa shape index (κ1) is 13.0. The number of carbonyl (C=O) groups excluding carboxylic acids is 2. The molecule has 0 aromatic rings. The highest BCUT2D eigenvalue weighted by Gasteiger charge is 2.31. The summed E-state index contributed by atoms with van der Waals surface area (Å²) in [5.74, 6) is -2.13. The van der Waals surface area contributed by atoms with Gasteiger partial charge in [0.1, 0.15) is 0 Å². The van der Waals surface area contributed by atoms with E-state index in [-0.39, 0.29) is 11.9 Å². The molecule has 1 aliphatic rings. The van der Waals surface area contributed by atoms with Gasteiger partial charge in [0, 0.05) is 34.0 Å². The van der Waals surface area contributed by atoms with Crippen LogP contribution in [0.3, 0.4) is 0 Å². The average molecular weight is 230 g/mol. The Morgan fingerprint density at radius 2 is 1.75 bits per heavy atom. The second kappa shape index (κ2) is 5.30. The number of rotatable bonds is 3. The van der Waals surface area contributed by atoms with Gasteiger partial charge in [0.25, 0.3) is 5.79 Å². The zero-order chi connectivity index (χ0) is 12.2. The van der Waals surface area contributed by atoms with Crippen molar-refractivity contribution in [1.82, 2.24) is 0 Å². The van der Waals surface area contributed by atoms with Crippen molar-refractivity contribution in [3.8, 4) is 0 Å². The topological polar surface area (TPSA) is 61.8 Å². The molecule has 1 aliphatic heterocycles.